The van der Waals surface area contributed by atoms with E-state index in [1.54, 1.807) is 32.2 Å². The first-order chi connectivity index (χ1) is 13.7. The summed E-state index contributed by atoms with van der Waals surface area (Å²) in [6.45, 7) is 3.84. The lowest BCUT2D eigenvalue weighted by Crippen LogP contribution is -2.30. The zero-order valence-corrected chi connectivity index (χ0v) is 18.0. The minimum absolute atomic E-state index is 0.0350. The fourth-order valence-corrected chi connectivity index (χ4v) is 5.19. The van der Waals surface area contributed by atoms with E-state index in [4.69, 9.17) is 4.74 Å². The molecule has 0 bridgehead atoms. The van der Waals surface area contributed by atoms with Crippen LogP contribution >= 0.6 is 11.3 Å². The van der Waals surface area contributed by atoms with E-state index in [1.165, 1.54) is 16.7 Å². The van der Waals surface area contributed by atoms with E-state index in [1.807, 2.05) is 19.1 Å². The number of aryl methyl sites for hydroxylation is 2. The number of hydrogen-bond acceptors (Lipinski definition) is 6. The number of benzene rings is 2. The number of ether oxygens (including phenoxy) is 1. The van der Waals surface area contributed by atoms with Crippen LogP contribution in [0.25, 0.3) is 10.2 Å². The molecule has 29 heavy (non-hydrogen) atoms. The van der Waals surface area contributed by atoms with Crippen molar-refractivity contribution in [1.29, 1.82) is 0 Å². The molecule has 0 aliphatic rings. The molecule has 0 spiro atoms. The highest BCUT2D eigenvalue weighted by Gasteiger charge is 2.25. The molecule has 0 saturated carbocycles. The van der Waals surface area contributed by atoms with Gasteiger partial charge in [-0.15, -0.1) is 0 Å². The molecule has 1 atom stereocenters. The maximum atomic E-state index is 13.0. The molecule has 0 saturated heterocycles. The van der Waals surface area contributed by atoms with Crippen LogP contribution in [-0.2, 0) is 26.6 Å². The number of thiazole rings is 1. The molecule has 0 unspecified atom stereocenters. The topological polar surface area (TPSA) is 94.5 Å². The van der Waals surface area contributed by atoms with E-state index >= 15 is 0 Å². The Kier molecular flexibility index (Phi) is 6.21. The lowest BCUT2D eigenvalue weighted by molar-refractivity contribution is -0.143. The number of sulfonamides is 1. The van der Waals surface area contributed by atoms with E-state index in [9.17, 15) is 18.0 Å². The van der Waals surface area contributed by atoms with Crippen molar-refractivity contribution in [2.45, 2.75) is 31.2 Å². The van der Waals surface area contributed by atoms with Gasteiger partial charge in [-0.05, 0) is 37.6 Å². The summed E-state index contributed by atoms with van der Waals surface area (Å²) < 4.78 is 35.7. The Morgan fingerprint density at radius 1 is 1.21 bits per heavy atom. The van der Waals surface area contributed by atoms with Gasteiger partial charge >= 0.3 is 10.8 Å². The van der Waals surface area contributed by atoms with Crippen LogP contribution in [-0.4, -0.2) is 25.6 Å². The van der Waals surface area contributed by atoms with Gasteiger partial charge in [0.2, 0.25) is 10.0 Å². The molecule has 0 aliphatic carbocycles. The molecule has 154 valence electrons. The largest absolute Gasteiger partial charge is 0.466 e. The molecule has 0 aliphatic heterocycles. The van der Waals surface area contributed by atoms with E-state index in [0.29, 0.717) is 15.8 Å². The number of carbonyl (C=O) groups is 1. The molecule has 1 aromatic heterocycles. The summed E-state index contributed by atoms with van der Waals surface area (Å²) in [5.74, 6) is -0.488. The minimum Gasteiger partial charge on any atom is -0.466 e. The number of hydrogen-bond donors (Lipinski definition) is 1. The Hall–Kier alpha value is -2.49. The maximum Gasteiger partial charge on any atom is 0.307 e. The van der Waals surface area contributed by atoms with Crippen LogP contribution in [0.5, 0.6) is 0 Å². The average molecular weight is 435 g/mol. The van der Waals surface area contributed by atoms with E-state index < -0.39 is 22.0 Å². The first-order valence-electron chi connectivity index (χ1n) is 9.05. The van der Waals surface area contributed by atoms with Gasteiger partial charge in [0.15, 0.2) is 0 Å². The Bertz CT molecular complexity index is 1190. The Morgan fingerprint density at radius 3 is 2.55 bits per heavy atom. The first kappa shape index (κ1) is 21.2. The molecule has 0 fully saturated rings. The molecule has 1 N–H and O–H groups in total. The summed E-state index contributed by atoms with van der Waals surface area (Å²) >= 11 is 0.984. The number of fused-ring (bicyclic) bond motifs is 1. The molecule has 3 rings (SSSR count). The van der Waals surface area contributed by atoms with E-state index in [0.717, 1.165) is 16.9 Å². The number of rotatable bonds is 7. The standard InChI is InChI=1S/C20H22N2O5S2/c1-4-27-19(23)12-16(14-7-5-13(2)6-8-14)21-29(25,26)15-9-10-17-18(11-15)28-20(24)22(17)3/h5-11,16,21H,4,12H2,1-3H3/t16-/m0/s1. The second-order valence-electron chi connectivity index (χ2n) is 6.65. The van der Waals surface area contributed by atoms with E-state index in [-0.39, 0.29) is 22.8 Å². The molecular weight excluding hydrogens is 412 g/mol. The predicted molar refractivity (Wildman–Crippen MR) is 113 cm³/mol. The van der Waals surface area contributed by atoms with Crippen LogP contribution in [0, 0.1) is 6.92 Å². The second-order valence-corrected chi connectivity index (χ2v) is 9.36. The number of nitrogens with one attached hydrogen (secondary N) is 1. The third-order valence-electron chi connectivity index (χ3n) is 4.53. The van der Waals surface area contributed by atoms with Gasteiger partial charge in [-0.1, -0.05) is 41.2 Å². The van der Waals surface area contributed by atoms with Crippen LogP contribution in [0.15, 0.2) is 52.2 Å². The van der Waals surface area contributed by atoms with Crippen molar-refractivity contribution in [3.63, 3.8) is 0 Å². The fourth-order valence-electron chi connectivity index (χ4n) is 2.95. The van der Waals surface area contributed by atoms with Gasteiger partial charge in [0.1, 0.15) is 0 Å². The lowest BCUT2D eigenvalue weighted by Gasteiger charge is -2.19. The van der Waals surface area contributed by atoms with Gasteiger partial charge in [0.05, 0.1) is 34.2 Å². The number of aromatic nitrogens is 1. The zero-order chi connectivity index (χ0) is 21.2. The Balaban J connectivity index is 1.95. The Labute approximate surface area is 173 Å². The molecule has 0 amide bonds. The van der Waals surface area contributed by atoms with Crippen molar-refractivity contribution in [3.05, 3.63) is 63.3 Å². The van der Waals surface area contributed by atoms with Crippen LogP contribution in [0.3, 0.4) is 0 Å². The number of carbonyl (C=O) groups excluding carboxylic acids is 1. The minimum atomic E-state index is -3.94. The lowest BCUT2D eigenvalue weighted by atomic mass is 10.0. The van der Waals surface area contributed by atoms with E-state index in [2.05, 4.69) is 4.72 Å². The third-order valence-corrected chi connectivity index (χ3v) is 6.99. The van der Waals surface area contributed by atoms with Crippen LogP contribution in [0.4, 0.5) is 0 Å². The van der Waals surface area contributed by atoms with Gasteiger partial charge in [-0.2, -0.15) is 0 Å². The molecule has 0 radical (unpaired) electrons. The van der Waals surface area contributed by atoms with Crippen molar-refractivity contribution < 1.29 is 17.9 Å². The highest BCUT2D eigenvalue weighted by Crippen LogP contribution is 2.25. The maximum absolute atomic E-state index is 13.0. The molecule has 2 aromatic carbocycles. The fraction of sp³-hybridized carbons (Fsp3) is 0.300. The zero-order valence-electron chi connectivity index (χ0n) is 16.3. The predicted octanol–water partition coefficient (Wildman–Crippen LogP) is 2.88. The van der Waals surface area contributed by atoms with Gasteiger partial charge in [0.25, 0.3) is 0 Å². The molecule has 1 heterocycles. The van der Waals surface area contributed by atoms with Gasteiger partial charge in [-0.3, -0.25) is 9.59 Å². The van der Waals surface area contributed by atoms with Crippen LogP contribution in [0.1, 0.15) is 30.5 Å². The van der Waals surface area contributed by atoms with Crippen molar-refractivity contribution in [1.82, 2.24) is 9.29 Å². The Morgan fingerprint density at radius 2 is 1.90 bits per heavy atom. The van der Waals surface area contributed by atoms with Gasteiger partial charge in [0, 0.05) is 7.05 Å². The quantitative estimate of drug-likeness (QED) is 0.577. The highest BCUT2D eigenvalue weighted by molar-refractivity contribution is 7.89. The number of nitrogens with zero attached hydrogens (tertiary/aromatic N) is 1. The first-order valence-corrected chi connectivity index (χ1v) is 11.4. The van der Waals surface area contributed by atoms with Crippen molar-refractivity contribution in [2.24, 2.45) is 7.05 Å². The monoisotopic (exact) mass is 434 g/mol. The average Bonchev–Trinajstić information content (AvgIpc) is 2.95. The number of esters is 1. The SMILES string of the molecule is CCOC(=O)C[C@H](NS(=O)(=O)c1ccc2c(c1)sc(=O)n2C)c1ccc(C)cc1. The summed E-state index contributed by atoms with van der Waals surface area (Å²) in [6, 6.07) is 11.0. The van der Waals surface area contributed by atoms with Crippen LogP contribution in [0.2, 0.25) is 0 Å². The molecule has 9 heteroatoms. The summed E-state index contributed by atoms with van der Waals surface area (Å²) in [5, 5.41) is 0. The van der Waals surface area contributed by atoms with Crippen molar-refractivity contribution in [2.75, 3.05) is 6.61 Å². The summed E-state index contributed by atoms with van der Waals surface area (Å²) in [7, 11) is -2.30. The van der Waals surface area contributed by atoms with Crippen molar-refractivity contribution in [3.8, 4) is 0 Å². The van der Waals surface area contributed by atoms with Gasteiger partial charge < -0.3 is 9.30 Å². The summed E-state index contributed by atoms with van der Waals surface area (Å²) in [5.41, 5.74) is 2.36. The summed E-state index contributed by atoms with van der Waals surface area (Å²) in [4.78, 5) is 23.7. The third kappa shape index (κ3) is 4.75. The van der Waals surface area contributed by atoms with Crippen LogP contribution < -0.4 is 9.60 Å². The summed E-state index contributed by atoms with van der Waals surface area (Å²) in [6.07, 6.45) is -0.128. The van der Waals surface area contributed by atoms with Crippen molar-refractivity contribution >= 4 is 37.5 Å². The molecule has 7 nitrogen and oxygen atoms in total. The highest BCUT2D eigenvalue weighted by atomic mass is 32.2. The molecule has 3 aromatic rings. The normalized spacial score (nSPS) is 12.8. The van der Waals surface area contributed by atoms with Gasteiger partial charge in [-0.25, -0.2) is 13.1 Å². The second kappa shape index (κ2) is 8.48. The smallest absolute Gasteiger partial charge is 0.307 e. The molecular formula is C20H22N2O5S2.